The Balaban J connectivity index is 2.18. The Labute approximate surface area is 116 Å². The Morgan fingerprint density at radius 2 is 2.00 bits per heavy atom. The van der Waals surface area contributed by atoms with Gasteiger partial charge in [0, 0.05) is 6.42 Å². The molecule has 2 rings (SSSR count). The van der Waals surface area contributed by atoms with E-state index in [9.17, 15) is 18.3 Å². The van der Waals surface area contributed by atoms with Gasteiger partial charge in [0.15, 0.2) is 0 Å². The maximum absolute atomic E-state index is 12.6. The van der Waals surface area contributed by atoms with Crippen LogP contribution < -0.4 is 0 Å². The third-order valence-electron chi connectivity index (χ3n) is 2.63. The fourth-order valence-corrected chi connectivity index (χ4v) is 2.20. The first kappa shape index (κ1) is 14.1. The highest BCUT2D eigenvalue weighted by atomic mass is 79.9. The third kappa shape index (κ3) is 3.39. The first-order valence-electron chi connectivity index (χ1n) is 5.45. The topological polar surface area (TPSA) is 33.4 Å². The second-order valence-electron chi connectivity index (χ2n) is 4.05. The monoisotopic (exact) mass is 334 g/mol. The molecule has 0 aliphatic carbocycles. The lowest BCUT2D eigenvalue weighted by Crippen LogP contribution is -2.07. The number of alkyl halides is 3. The first-order valence-corrected chi connectivity index (χ1v) is 6.24. The minimum Gasteiger partial charge on any atom is -0.465 e. The molecule has 0 aliphatic rings. The highest BCUT2D eigenvalue weighted by Crippen LogP contribution is 2.31. The summed E-state index contributed by atoms with van der Waals surface area (Å²) in [7, 11) is 0. The van der Waals surface area contributed by atoms with E-state index in [0.29, 0.717) is 15.8 Å². The molecule has 102 valence electrons. The maximum atomic E-state index is 12.6. The lowest BCUT2D eigenvalue weighted by atomic mass is 10.0. The van der Waals surface area contributed by atoms with E-state index in [1.54, 1.807) is 6.07 Å². The molecule has 19 heavy (non-hydrogen) atoms. The van der Waals surface area contributed by atoms with E-state index in [4.69, 9.17) is 4.42 Å². The second kappa shape index (κ2) is 5.38. The quantitative estimate of drug-likeness (QED) is 0.905. The first-order chi connectivity index (χ1) is 8.88. The van der Waals surface area contributed by atoms with Crippen molar-refractivity contribution in [1.29, 1.82) is 0 Å². The number of aliphatic hydroxyl groups is 1. The third-order valence-corrected chi connectivity index (χ3v) is 3.29. The number of hydrogen-bond acceptors (Lipinski definition) is 2. The summed E-state index contributed by atoms with van der Waals surface area (Å²) in [5.74, 6) is 0.303. The van der Waals surface area contributed by atoms with Crippen LogP contribution >= 0.6 is 15.9 Å². The van der Waals surface area contributed by atoms with Crippen molar-refractivity contribution in [1.82, 2.24) is 0 Å². The molecule has 0 aliphatic heterocycles. The predicted octanol–water partition coefficient (Wildman–Crippen LogP) is 4.34. The van der Waals surface area contributed by atoms with E-state index < -0.39 is 17.8 Å². The summed E-state index contributed by atoms with van der Waals surface area (Å²) in [5.41, 5.74) is -0.332. The second-order valence-corrected chi connectivity index (χ2v) is 4.91. The summed E-state index contributed by atoms with van der Waals surface area (Å²) in [6.07, 6.45) is -3.93. The highest BCUT2D eigenvalue weighted by Gasteiger charge is 2.30. The van der Waals surface area contributed by atoms with Crippen LogP contribution in [0.3, 0.4) is 0 Å². The van der Waals surface area contributed by atoms with Gasteiger partial charge in [-0.3, -0.25) is 0 Å². The molecule has 0 saturated heterocycles. The normalized spacial score (nSPS) is 13.5. The number of furan rings is 1. The predicted molar refractivity (Wildman–Crippen MR) is 66.5 cm³/mol. The Bertz CT molecular complexity index is 563. The minimum atomic E-state index is -4.38. The average molecular weight is 335 g/mol. The summed E-state index contributed by atoms with van der Waals surface area (Å²) >= 11 is 3.19. The fourth-order valence-electron chi connectivity index (χ4n) is 1.73. The molecule has 0 radical (unpaired) electrons. The van der Waals surface area contributed by atoms with Crippen LogP contribution in [0.25, 0.3) is 0 Å². The van der Waals surface area contributed by atoms with Gasteiger partial charge in [-0.05, 0) is 33.6 Å². The van der Waals surface area contributed by atoms with Crippen molar-refractivity contribution in [2.75, 3.05) is 0 Å². The van der Waals surface area contributed by atoms with Gasteiger partial charge in [-0.25, -0.2) is 0 Å². The highest BCUT2D eigenvalue weighted by molar-refractivity contribution is 9.10. The van der Waals surface area contributed by atoms with Gasteiger partial charge in [-0.2, -0.15) is 13.2 Å². The zero-order valence-electron chi connectivity index (χ0n) is 9.62. The fraction of sp³-hybridized carbons (Fsp3) is 0.231. The van der Waals surface area contributed by atoms with Crippen molar-refractivity contribution in [3.63, 3.8) is 0 Å². The van der Waals surface area contributed by atoms with Crippen molar-refractivity contribution in [2.24, 2.45) is 0 Å². The molecule has 2 aromatic rings. The van der Waals surface area contributed by atoms with Crippen LogP contribution in [0.4, 0.5) is 13.2 Å². The van der Waals surface area contributed by atoms with E-state index >= 15 is 0 Å². The molecule has 6 heteroatoms. The number of benzene rings is 1. The molecule has 0 fully saturated rings. The Kier molecular flexibility index (Phi) is 4.01. The van der Waals surface area contributed by atoms with E-state index in [1.165, 1.54) is 18.4 Å². The largest absolute Gasteiger partial charge is 0.465 e. The summed E-state index contributed by atoms with van der Waals surface area (Å²) in [5, 5.41) is 9.93. The molecule has 0 bridgehead atoms. The SMILES string of the molecule is OC(Cc1cccc(C(F)(F)F)c1)c1occc1Br. The van der Waals surface area contributed by atoms with E-state index in [-0.39, 0.29) is 6.42 Å². The van der Waals surface area contributed by atoms with Crippen molar-refractivity contribution in [3.05, 3.63) is 58.0 Å². The van der Waals surface area contributed by atoms with Crippen LogP contribution in [0.2, 0.25) is 0 Å². The molecule has 1 unspecified atom stereocenters. The van der Waals surface area contributed by atoms with Crippen LogP contribution in [0.1, 0.15) is 23.0 Å². The zero-order valence-corrected chi connectivity index (χ0v) is 11.2. The van der Waals surface area contributed by atoms with Gasteiger partial charge in [-0.1, -0.05) is 18.2 Å². The minimum absolute atomic E-state index is 0.0516. The zero-order chi connectivity index (χ0) is 14.0. The lowest BCUT2D eigenvalue weighted by Gasteiger charge is -2.11. The standard InChI is InChI=1S/C13H10BrF3O2/c14-10-4-5-19-12(10)11(18)7-8-2-1-3-9(6-8)13(15,16)17/h1-6,11,18H,7H2. The van der Waals surface area contributed by atoms with Crippen molar-refractivity contribution >= 4 is 15.9 Å². The Morgan fingerprint density at radius 3 is 2.58 bits per heavy atom. The molecule has 1 aromatic carbocycles. The summed E-state index contributed by atoms with van der Waals surface area (Å²) in [6.45, 7) is 0. The molecule has 2 nitrogen and oxygen atoms in total. The summed E-state index contributed by atoms with van der Waals surface area (Å²) in [4.78, 5) is 0. The molecule has 0 saturated carbocycles. The molecule has 0 amide bonds. The lowest BCUT2D eigenvalue weighted by molar-refractivity contribution is -0.137. The molecule has 1 N–H and O–H groups in total. The number of aliphatic hydroxyl groups excluding tert-OH is 1. The van der Waals surface area contributed by atoms with Gasteiger partial charge in [-0.15, -0.1) is 0 Å². The molecular weight excluding hydrogens is 325 g/mol. The number of rotatable bonds is 3. The number of halogens is 4. The van der Waals surface area contributed by atoms with Crippen LogP contribution in [0, 0.1) is 0 Å². The summed E-state index contributed by atoms with van der Waals surface area (Å²) in [6, 6.07) is 6.50. The Hall–Kier alpha value is -1.27. The van der Waals surface area contributed by atoms with Gasteiger partial charge >= 0.3 is 6.18 Å². The van der Waals surface area contributed by atoms with Gasteiger partial charge < -0.3 is 9.52 Å². The average Bonchev–Trinajstić information content (AvgIpc) is 2.75. The number of hydrogen-bond donors (Lipinski definition) is 1. The molecule has 1 aromatic heterocycles. The molecule has 1 atom stereocenters. The van der Waals surface area contributed by atoms with Crippen molar-refractivity contribution in [3.8, 4) is 0 Å². The van der Waals surface area contributed by atoms with Crippen LogP contribution in [0.5, 0.6) is 0 Å². The molecule has 1 heterocycles. The van der Waals surface area contributed by atoms with Crippen molar-refractivity contribution in [2.45, 2.75) is 18.7 Å². The Morgan fingerprint density at radius 1 is 1.26 bits per heavy atom. The maximum Gasteiger partial charge on any atom is 0.416 e. The van der Waals surface area contributed by atoms with E-state index in [0.717, 1.165) is 12.1 Å². The van der Waals surface area contributed by atoms with Crippen LogP contribution in [-0.2, 0) is 12.6 Å². The van der Waals surface area contributed by atoms with Gasteiger partial charge in [0.2, 0.25) is 0 Å². The van der Waals surface area contributed by atoms with E-state index in [1.807, 2.05) is 0 Å². The van der Waals surface area contributed by atoms with Crippen LogP contribution in [0.15, 0.2) is 45.5 Å². The van der Waals surface area contributed by atoms with Gasteiger partial charge in [0.25, 0.3) is 0 Å². The molecule has 0 spiro atoms. The van der Waals surface area contributed by atoms with Crippen LogP contribution in [-0.4, -0.2) is 5.11 Å². The van der Waals surface area contributed by atoms with E-state index in [2.05, 4.69) is 15.9 Å². The molecular formula is C13H10BrF3O2. The smallest absolute Gasteiger partial charge is 0.416 e. The van der Waals surface area contributed by atoms with Crippen molar-refractivity contribution < 1.29 is 22.7 Å². The van der Waals surface area contributed by atoms with Gasteiger partial charge in [0.1, 0.15) is 11.9 Å². The summed E-state index contributed by atoms with van der Waals surface area (Å²) < 4.78 is 43.3. The van der Waals surface area contributed by atoms with Gasteiger partial charge in [0.05, 0.1) is 16.3 Å².